The SMILES string of the molecule is c1ccc(-c2cc(-c3ccccc3)nc(-n3c4ccc5c(c4c4ccc6ccccc6c43)-c3ccccc3C53c4ccccc4C4(c5ccccc5-c5ccccc54)c4ccccc43)c2)cc1. The molecular weight excluding hydrogens is 809 g/mol. The van der Waals surface area contributed by atoms with Crippen molar-refractivity contribution in [2.75, 3.05) is 0 Å². The fourth-order valence-electron chi connectivity index (χ4n) is 13.0. The number of nitrogens with zero attached hydrogens (tertiary/aromatic N) is 2. The van der Waals surface area contributed by atoms with Crippen LogP contribution in [0.5, 0.6) is 0 Å². The minimum absolute atomic E-state index is 0.492. The minimum atomic E-state index is -0.595. The van der Waals surface area contributed by atoms with Gasteiger partial charge in [-0.1, -0.05) is 224 Å². The molecule has 2 heteroatoms. The van der Waals surface area contributed by atoms with Gasteiger partial charge in [-0.05, 0) is 101 Å². The number of rotatable bonds is 3. The fourth-order valence-corrected chi connectivity index (χ4v) is 13.0. The molecule has 2 spiro atoms. The first kappa shape index (κ1) is 36.7. The molecule has 310 valence electrons. The van der Waals surface area contributed by atoms with Crippen LogP contribution in [-0.2, 0) is 10.8 Å². The van der Waals surface area contributed by atoms with Crippen molar-refractivity contribution in [3.8, 4) is 50.5 Å². The van der Waals surface area contributed by atoms with Gasteiger partial charge in [0.1, 0.15) is 5.82 Å². The van der Waals surface area contributed by atoms with Crippen LogP contribution in [0.4, 0.5) is 0 Å². The summed E-state index contributed by atoms with van der Waals surface area (Å²) in [7, 11) is 0. The van der Waals surface area contributed by atoms with Crippen LogP contribution in [0, 0.1) is 0 Å². The van der Waals surface area contributed by atoms with Crippen LogP contribution in [0.3, 0.4) is 0 Å². The molecule has 0 atom stereocenters. The van der Waals surface area contributed by atoms with Gasteiger partial charge in [0.15, 0.2) is 0 Å². The Morgan fingerprint density at radius 2 is 0.821 bits per heavy atom. The number of hydrogen-bond acceptors (Lipinski definition) is 1. The van der Waals surface area contributed by atoms with Gasteiger partial charge in [-0.15, -0.1) is 0 Å². The van der Waals surface area contributed by atoms with Crippen LogP contribution in [0.15, 0.2) is 243 Å². The number of hydrogen-bond donors (Lipinski definition) is 0. The third-order valence-corrected chi connectivity index (χ3v) is 15.5. The molecular formula is C65H40N2. The Bertz CT molecular complexity index is 3890. The lowest BCUT2D eigenvalue weighted by molar-refractivity contribution is 0.633. The molecule has 0 N–H and O–H groups in total. The zero-order valence-corrected chi connectivity index (χ0v) is 36.5. The van der Waals surface area contributed by atoms with Crippen molar-refractivity contribution in [2.45, 2.75) is 10.8 Å². The first-order valence-corrected chi connectivity index (χ1v) is 23.4. The summed E-state index contributed by atoms with van der Waals surface area (Å²) in [5.41, 5.74) is 21.4. The first-order valence-electron chi connectivity index (χ1n) is 23.4. The van der Waals surface area contributed by atoms with E-state index in [1.54, 1.807) is 0 Å². The molecule has 0 amide bonds. The summed E-state index contributed by atoms with van der Waals surface area (Å²) in [4.78, 5) is 5.60. The summed E-state index contributed by atoms with van der Waals surface area (Å²) in [5.74, 6) is 0.895. The highest BCUT2D eigenvalue weighted by Gasteiger charge is 2.59. The van der Waals surface area contributed by atoms with Gasteiger partial charge in [0.25, 0.3) is 0 Å². The lowest BCUT2D eigenvalue weighted by atomic mass is 9.52. The molecule has 0 unspecified atom stereocenters. The molecule has 0 saturated heterocycles. The van der Waals surface area contributed by atoms with Gasteiger partial charge in [0, 0.05) is 21.7 Å². The molecule has 0 radical (unpaired) electrons. The highest BCUT2D eigenvalue weighted by Crippen LogP contribution is 2.68. The van der Waals surface area contributed by atoms with Gasteiger partial charge >= 0.3 is 0 Å². The zero-order valence-electron chi connectivity index (χ0n) is 36.5. The Morgan fingerprint density at radius 3 is 1.45 bits per heavy atom. The summed E-state index contributed by atoms with van der Waals surface area (Å²) in [6.45, 7) is 0. The molecule has 12 aromatic rings. The molecule has 10 aromatic carbocycles. The molecule has 0 bridgehead atoms. The van der Waals surface area contributed by atoms with Crippen LogP contribution in [0.25, 0.3) is 83.0 Å². The molecule has 2 nitrogen and oxygen atoms in total. The van der Waals surface area contributed by atoms with Crippen molar-refractivity contribution in [1.82, 2.24) is 9.55 Å². The lowest BCUT2D eigenvalue weighted by Gasteiger charge is -2.48. The second-order valence-corrected chi connectivity index (χ2v) is 18.5. The molecule has 0 saturated carbocycles. The molecule has 3 aliphatic rings. The Morgan fingerprint density at radius 1 is 0.328 bits per heavy atom. The Hall–Kier alpha value is -8.59. The van der Waals surface area contributed by atoms with Gasteiger partial charge in [-0.3, -0.25) is 4.57 Å². The number of aromatic nitrogens is 2. The van der Waals surface area contributed by atoms with E-state index >= 15 is 0 Å². The average molecular weight is 849 g/mol. The van der Waals surface area contributed by atoms with E-state index in [2.05, 4.69) is 247 Å². The molecule has 0 aliphatic heterocycles. The zero-order chi connectivity index (χ0) is 43.8. The smallest absolute Gasteiger partial charge is 0.138 e. The van der Waals surface area contributed by atoms with Crippen molar-refractivity contribution in [1.29, 1.82) is 0 Å². The molecule has 3 aliphatic carbocycles. The third kappa shape index (κ3) is 4.62. The standard InChI is InChI=1S/C65H40N2/c1-3-19-41(20-4-1)44-39-58(43-22-5-2-6-23-43)66-60(40-44)67-59-38-37-57-61(62(59)49-36-35-42-21-7-8-24-45(42)63(49)67)48-27-11-14-30-52(48)65(57)55-33-17-15-31-53(55)64(54-32-16-18-34-56(54)65)50-28-12-9-25-46(50)47-26-10-13-29-51(47)64/h1-40H. The fraction of sp³-hybridized carbons (Fsp3) is 0.0308. The van der Waals surface area contributed by atoms with Gasteiger partial charge < -0.3 is 0 Å². The van der Waals surface area contributed by atoms with Crippen LogP contribution in [-0.4, -0.2) is 9.55 Å². The lowest BCUT2D eigenvalue weighted by Crippen LogP contribution is -2.43. The number of benzene rings is 10. The summed E-state index contributed by atoms with van der Waals surface area (Å²) in [5, 5.41) is 4.88. The van der Waals surface area contributed by atoms with Crippen molar-refractivity contribution < 1.29 is 0 Å². The van der Waals surface area contributed by atoms with Gasteiger partial charge in [0.2, 0.25) is 0 Å². The second kappa shape index (κ2) is 13.5. The van der Waals surface area contributed by atoms with Gasteiger partial charge in [-0.25, -0.2) is 4.98 Å². The summed E-state index contributed by atoms with van der Waals surface area (Å²) in [6, 6.07) is 90.6. The number of fused-ring (bicyclic) bond motifs is 22. The topological polar surface area (TPSA) is 17.8 Å². The monoisotopic (exact) mass is 848 g/mol. The van der Waals surface area contributed by atoms with E-state index in [1.807, 2.05) is 0 Å². The van der Waals surface area contributed by atoms with E-state index < -0.39 is 10.8 Å². The summed E-state index contributed by atoms with van der Waals surface area (Å²) >= 11 is 0. The Balaban J connectivity index is 1.09. The highest BCUT2D eigenvalue weighted by molar-refractivity contribution is 6.24. The first-order chi connectivity index (χ1) is 33.3. The van der Waals surface area contributed by atoms with Crippen molar-refractivity contribution >= 4 is 32.6 Å². The van der Waals surface area contributed by atoms with Crippen LogP contribution in [0.2, 0.25) is 0 Å². The Kier molecular flexibility index (Phi) is 7.39. The van der Waals surface area contributed by atoms with E-state index in [4.69, 9.17) is 4.98 Å². The minimum Gasteiger partial charge on any atom is -0.293 e. The summed E-state index contributed by atoms with van der Waals surface area (Å²) < 4.78 is 2.46. The van der Waals surface area contributed by atoms with Gasteiger partial charge in [0.05, 0.1) is 27.6 Å². The Labute approximate surface area is 388 Å². The van der Waals surface area contributed by atoms with E-state index in [1.165, 1.54) is 93.8 Å². The molecule has 2 aromatic heterocycles. The average Bonchev–Trinajstić information content (AvgIpc) is 4.02. The second-order valence-electron chi connectivity index (χ2n) is 18.5. The third-order valence-electron chi connectivity index (χ3n) is 15.5. The number of pyridine rings is 1. The summed E-state index contributed by atoms with van der Waals surface area (Å²) in [6.07, 6.45) is 0. The molecule has 67 heavy (non-hydrogen) atoms. The van der Waals surface area contributed by atoms with Crippen LogP contribution in [0.1, 0.15) is 44.5 Å². The van der Waals surface area contributed by atoms with Crippen LogP contribution >= 0.6 is 0 Å². The maximum absolute atomic E-state index is 5.60. The normalized spacial score (nSPS) is 14.2. The molecule has 15 rings (SSSR count). The van der Waals surface area contributed by atoms with Crippen LogP contribution < -0.4 is 0 Å². The van der Waals surface area contributed by atoms with Crippen molar-refractivity contribution in [2.24, 2.45) is 0 Å². The highest BCUT2D eigenvalue weighted by atomic mass is 15.1. The van der Waals surface area contributed by atoms with E-state index in [-0.39, 0.29) is 0 Å². The molecule has 0 fully saturated rings. The van der Waals surface area contributed by atoms with Gasteiger partial charge in [-0.2, -0.15) is 0 Å². The quantitative estimate of drug-likeness (QED) is 0.173. The van der Waals surface area contributed by atoms with Crippen molar-refractivity contribution in [3.05, 3.63) is 287 Å². The molecule has 2 heterocycles. The predicted molar refractivity (Wildman–Crippen MR) is 275 cm³/mol. The van der Waals surface area contributed by atoms with E-state index in [0.29, 0.717) is 0 Å². The maximum atomic E-state index is 5.60. The largest absolute Gasteiger partial charge is 0.293 e. The van der Waals surface area contributed by atoms with E-state index in [0.717, 1.165) is 33.7 Å². The predicted octanol–water partition coefficient (Wildman–Crippen LogP) is 15.7. The van der Waals surface area contributed by atoms with Crippen molar-refractivity contribution in [3.63, 3.8) is 0 Å². The van der Waals surface area contributed by atoms with E-state index in [9.17, 15) is 0 Å². The maximum Gasteiger partial charge on any atom is 0.138 e.